The highest BCUT2D eigenvalue weighted by molar-refractivity contribution is 5.72. The van der Waals surface area contributed by atoms with Gasteiger partial charge in [-0.3, -0.25) is 4.79 Å². The molecule has 0 saturated carbocycles. The maximum Gasteiger partial charge on any atom is 0.216 e. The molecule has 3 heteroatoms. The Morgan fingerprint density at radius 1 is 1.36 bits per heavy atom. The summed E-state index contributed by atoms with van der Waals surface area (Å²) in [6.07, 6.45) is 1.93. The molecule has 1 aromatic rings. The fraction of sp³-hybridized carbons (Fsp3) is 0.364. The van der Waals surface area contributed by atoms with E-state index in [1.165, 1.54) is 12.5 Å². The minimum Gasteiger partial charge on any atom is -0.399 e. The van der Waals surface area contributed by atoms with Crippen LogP contribution in [0.3, 0.4) is 0 Å². The van der Waals surface area contributed by atoms with Gasteiger partial charge in [-0.25, -0.2) is 0 Å². The SMILES string of the molecule is CC(=O)NCCCc1ccc(N)cc1. The number of rotatable bonds is 4. The van der Waals surface area contributed by atoms with E-state index in [4.69, 9.17) is 5.73 Å². The third kappa shape index (κ3) is 3.94. The number of nitrogens with one attached hydrogen (secondary N) is 1. The van der Waals surface area contributed by atoms with E-state index in [1.54, 1.807) is 0 Å². The maximum absolute atomic E-state index is 10.6. The lowest BCUT2D eigenvalue weighted by molar-refractivity contribution is -0.118. The number of hydrogen-bond acceptors (Lipinski definition) is 2. The normalized spacial score (nSPS) is 9.79. The van der Waals surface area contributed by atoms with Crippen molar-refractivity contribution in [1.82, 2.24) is 5.32 Å². The van der Waals surface area contributed by atoms with E-state index in [-0.39, 0.29) is 5.91 Å². The Balaban J connectivity index is 2.25. The van der Waals surface area contributed by atoms with Crippen molar-refractivity contribution in [1.29, 1.82) is 0 Å². The standard InChI is InChI=1S/C11H16N2O/c1-9(14)13-8-2-3-10-4-6-11(12)7-5-10/h4-7H,2-3,8,12H2,1H3,(H,13,14). The molecule has 0 radical (unpaired) electrons. The molecule has 1 rings (SSSR count). The van der Waals surface area contributed by atoms with Crippen LogP contribution in [0.1, 0.15) is 18.9 Å². The summed E-state index contributed by atoms with van der Waals surface area (Å²) in [5.41, 5.74) is 7.61. The minimum atomic E-state index is 0.0299. The van der Waals surface area contributed by atoms with Crippen LogP contribution in [0, 0.1) is 0 Å². The molecular weight excluding hydrogens is 176 g/mol. The summed E-state index contributed by atoms with van der Waals surface area (Å²) in [7, 11) is 0. The van der Waals surface area contributed by atoms with E-state index in [0.29, 0.717) is 0 Å². The molecular formula is C11H16N2O. The molecule has 0 aliphatic heterocycles. The predicted octanol–water partition coefficient (Wildman–Crippen LogP) is 1.34. The minimum absolute atomic E-state index is 0.0299. The molecule has 0 fully saturated rings. The molecule has 0 aliphatic carbocycles. The fourth-order valence-corrected chi connectivity index (χ4v) is 1.24. The van der Waals surface area contributed by atoms with E-state index in [1.807, 2.05) is 24.3 Å². The van der Waals surface area contributed by atoms with Gasteiger partial charge in [0.05, 0.1) is 0 Å². The van der Waals surface area contributed by atoms with Crippen LogP contribution in [0.15, 0.2) is 24.3 Å². The third-order valence-electron chi connectivity index (χ3n) is 2.00. The third-order valence-corrected chi connectivity index (χ3v) is 2.00. The highest BCUT2D eigenvalue weighted by Gasteiger charge is 1.94. The quantitative estimate of drug-likeness (QED) is 0.558. The molecule has 3 N–H and O–H groups in total. The maximum atomic E-state index is 10.6. The summed E-state index contributed by atoms with van der Waals surface area (Å²) in [5, 5.41) is 2.76. The van der Waals surface area contributed by atoms with Crippen LogP contribution in [0.5, 0.6) is 0 Å². The Labute approximate surface area is 84.3 Å². The molecule has 0 heterocycles. The fourth-order valence-electron chi connectivity index (χ4n) is 1.24. The van der Waals surface area contributed by atoms with E-state index in [0.717, 1.165) is 25.1 Å². The van der Waals surface area contributed by atoms with Crippen LogP contribution in [-0.4, -0.2) is 12.5 Å². The molecule has 1 amide bonds. The molecule has 0 spiro atoms. The number of nitrogen functional groups attached to an aromatic ring is 1. The van der Waals surface area contributed by atoms with Gasteiger partial charge in [-0.1, -0.05) is 12.1 Å². The van der Waals surface area contributed by atoms with Crippen LogP contribution in [0.2, 0.25) is 0 Å². The van der Waals surface area contributed by atoms with Crippen LogP contribution in [0.4, 0.5) is 5.69 Å². The molecule has 76 valence electrons. The number of benzene rings is 1. The smallest absolute Gasteiger partial charge is 0.216 e. The molecule has 0 unspecified atom stereocenters. The lowest BCUT2D eigenvalue weighted by Crippen LogP contribution is -2.21. The van der Waals surface area contributed by atoms with Crippen molar-refractivity contribution in [2.24, 2.45) is 0 Å². The Morgan fingerprint density at radius 3 is 2.57 bits per heavy atom. The molecule has 0 saturated heterocycles. The zero-order valence-electron chi connectivity index (χ0n) is 8.42. The Hall–Kier alpha value is -1.51. The van der Waals surface area contributed by atoms with Crippen LogP contribution >= 0.6 is 0 Å². The second-order valence-electron chi connectivity index (χ2n) is 3.33. The number of hydrogen-bond donors (Lipinski definition) is 2. The Bertz CT molecular complexity index is 293. The first kappa shape index (κ1) is 10.6. The molecule has 0 bridgehead atoms. The first-order valence-corrected chi connectivity index (χ1v) is 4.77. The van der Waals surface area contributed by atoms with E-state index in [2.05, 4.69) is 5.32 Å². The molecule has 0 aromatic heterocycles. The van der Waals surface area contributed by atoms with Gasteiger partial charge in [0.25, 0.3) is 0 Å². The van der Waals surface area contributed by atoms with Crippen molar-refractivity contribution in [2.75, 3.05) is 12.3 Å². The number of carbonyl (C=O) groups excluding carboxylic acids is 1. The first-order chi connectivity index (χ1) is 6.68. The second kappa shape index (κ2) is 5.27. The van der Waals surface area contributed by atoms with Crippen molar-refractivity contribution in [2.45, 2.75) is 19.8 Å². The average molecular weight is 192 g/mol. The van der Waals surface area contributed by atoms with Crippen LogP contribution in [-0.2, 0) is 11.2 Å². The van der Waals surface area contributed by atoms with Gasteiger partial charge < -0.3 is 11.1 Å². The van der Waals surface area contributed by atoms with Gasteiger partial charge in [0, 0.05) is 19.2 Å². The highest BCUT2D eigenvalue weighted by atomic mass is 16.1. The highest BCUT2D eigenvalue weighted by Crippen LogP contribution is 2.06. The zero-order chi connectivity index (χ0) is 10.4. The summed E-state index contributed by atoms with van der Waals surface area (Å²) in [6, 6.07) is 7.83. The first-order valence-electron chi connectivity index (χ1n) is 4.77. The number of carbonyl (C=O) groups is 1. The topological polar surface area (TPSA) is 55.1 Å². The Morgan fingerprint density at radius 2 is 2.00 bits per heavy atom. The van der Waals surface area contributed by atoms with Gasteiger partial charge in [-0.05, 0) is 30.5 Å². The van der Waals surface area contributed by atoms with Crippen LogP contribution in [0.25, 0.3) is 0 Å². The van der Waals surface area contributed by atoms with E-state index >= 15 is 0 Å². The van der Waals surface area contributed by atoms with Gasteiger partial charge in [-0.2, -0.15) is 0 Å². The van der Waals surface area contributed by atoms with Gasteiger partial charge in [0.2, 0.25) is 5.91 Å². The van der Waals surface area contributed by atoms with Crippen molar-refractivity contribution >= 4 is 11.6 Å². The second-order valence-corrected chi connectivity index (χ2v) is 3.33. The Kier molecular flexibility index (Phi) is 3.98. The number of amides is 1. The van der Waals surface area contributed by atoms with E-state index in [9.17, 15) is 4.79 Å². The largest absolute Gasteiger partial charge is 0.399 e. The summed E-state index contributed by atoms with van der Waals surface area (Å²) < 4.78 is 0. The molecule has 1 aromatic carbocycles. The van der Waals surface area contributed by atoms with Gasteiger partial charge in [0.15, 0.2) is 0 Å². The number of anilines is 1. The number of nitrogens with two attached hydrogens (primary N) is 1. The summed E-state index contributed by atoms with van der Waals surface area (Å²) in [6.45, 7) is 2.27. The zero-order valence-corrected chi connectivity index (χ0v) is 8.42. The molecule has 14 heavy (non-hydrogen) atoms. The monoisotopic (exact) mass is 192 g/mol. The van der Waals surface area contributed by atoms with Crippen molar-refractivity contribution in [3.63, 3.8) is 0 Å². The van der Waals surface area contributed by atoms with Gasteiger partial charge in [0.1, 0.15) is 0 Å². The van der Waals surface area contributed by atoms with Crippen molar-refractivity contribution < 1.29 is 4.79 Å². The van der Waals surface area contributed by atoms with Gasteiger partial charge in [-0.15, -0.1) is 0 Å². The lowest BCUT2D eigenvalue weighted by Gasteiger charge is -2.02. The average Bonchev–Trinajstić information content (AvgIpc) is 2.15. The molecule has 0 aliphatic rings. The molecule has 3 nitrogen and oxygen atoms in total. The van der Waals surface area contributed by atoms with Gasteiger partial charge >= 0.3 is 0 Å². The molecule has 0 atom stereocenters. The van der Waals surface area contributed by atoms with Crippen molar-refractivity contribution in [3.8, 4) is 0 Å². The van der Waals surface area contributed by atoms with Crippen molar-refractivity contribution in [3.05, 3.63) is 29.8 Å². The lowest BCUT2D eigenvalue weighted by atomic mass is 10.1. The summed E-state index contributed by atoms with van der Waals surface area (Å²) in [4.78, 5) is 10.6. The van der Waals surface area contributed by atoms with E-state index < -0.39 is 0 Å². The van der Waals surface area contributed by atoms with Crippen LogP contribution < -0.4 is 11.1 Å². The number of aryl methyl sites for hydroxylation is 1. The summed E-state index contributed by atoms with van der Waals surface area (Å²) >= 11 is 0. The summed E-state index contributed by atoms with van der Waals surface area (Å²) in [5.74, 6) is 0.0299. The predicted molar refractivity (Wildman–Crippen MR) is 57.9 cm³/mol.